The summed E-state index contributed by atoms with van der Waals surface area (Å²) in [5.41, 5.74) is 4.81. The molecule has 4 rings (SSSR count). The van der Waals surface area contributed by atoms with Gasteiger partial charge in [0.05, 0.1) is 5.41 Å². The number of carboxylic acid groups (broad SMARTS) is 1. The van der Waals surface area contributed by atoms with E-state index >= 15 is 0 Å². The maximum atomic E-state index is 14.6. The molecular weight excluding hydrogens is 443 g/mol. The van der Waals surface area contributed by atoms with E-state index in [1.54, 1.807) is 19.1 Å². The Morgan fingerprint density at radius 1 is 1.03 bits per heavy atom. The van der Waals surface area contributed by atoms with Crippen LogP contribution in [0.15, 0.2) is 54.6 Å². The minimum atomic E-state index is -0.796. The molecule has 0 saturated carbocycles. The summed E-state index contributed by atoms with van der Waals surface area (Å²) >= 11 is 0. The lowest BCUT2D eigenvalue weighted by Crippen LogP contribution is -2.27. The Morgan fingerprint density at radius 2 is 1.77 bits per heavy atom. The minimum Gasteiger partial charge on any atom is -0.486 e. The molecule has 182 valence electrons. The first-order chi connectivity index (χ1) is 16.8. The van der Waals surface area contributed by atoms with Crippen LogP contribution in [0.1, 0.15) is 48.9 Å². The number of aryl methyl sites for hydroxylation is 1. The summed E-state index contributed by atoms with van der Waals surface area (Å²) in [6.45, 7) is 6.79. The van der Waals surface area contributed by atoms with E-state index in [1.807, 2.05) is 49.4 Å². The van der Waals surface area contributed by atoms with Crippen LogP contribution in [0.4, 0.5) is 4.39 Å². The predicted octanol–water partition coefficient (Wildman–Crippen LogP) is 7.18. The predicted molar refractivity (Wildman–Crippen MR) is 137 cm³/mol. The van der Waals surface area contributed by atoms with Gasteiger partial charge in [0.15, 0.2) is 11.5 Å². The van der Waals surface area contributed by atoms with Crippen LogP contribution in [0.25, 0.3) is 23.3 Å². The van der Waals surface area contributed by atoms with E-state index in [4.69, 9.17) is 9.47 Å². The highest BCUT2D eigenvalue weighted by molar-refractivity contribution is 5.78. The lowest BCUT2D eigenvalue weighted by atomic mass is 9.81. The number of hydrogen-bond donors (Lipinski definition) is 1. The Kier molecular flexibility index (Phi) is 7.25. The fourth-order valence-electron chi connectivity index (χ4n) is 4.27. The molecule has 0 aliphatic carbocycles. The maximum Gasteiger partial charge on any atom is 0.309 e. The standard InChI is InChI=1S/C30H31FO4/c1-4-30(3,29(32)33)15-14-21-8-12-26(31)24(18-21)10-9-22-6-5-7-25(20(22)2)23-11-13-27-28(19-23)35-17-16-34-27/h5-13,18-19H,4,14-17H2,1-3H3,(H,32,33)/b10-9+. The number of hydrogen-bond acceptors (Lipinski definition) is 3. The van der Waals surface area contributed by atoms with Crippen molar-refractivity contribution in [2.45, 2.75) is 40.0 Å². The van der Waals surface area contributed by atoms with Gasteiger partial charge in [-0.25, -0.2) is 4.39 Å². The van der Waals surface area contributed by atoms with E-state index in [-0.39, 0.29) is 5.82 Å². The van der Waals surface area contributed by atoms with Crippen LogP contribution in [0, 0.1) is 18.2 Å². The molecule has 0 bridgehead atoms. The van der Waals surface area contributed by atoms with Crippen molar-refractivity contribution in [2.24, 2.45) is 5.41 Å². The Bertz CT molecular complexity index is 1260. The van der Waals surface area contributed by atoms with E-state index in [2.05, 4.69) is 13.0 Å². The molecule has 4 nitrogen and oxygen atoms in total. The van der Waals surface area contributed by atoms with Crippen LogP contribution in [-0.4, -0.2) is 24.3 Å². The van der Waals surface area contributed by atoms with Gasteiger partial charge in [0.1, 0.15) is 19.0 Å². The second-order valence-corrected chi connectivity index (χ2v) is 9.29. The Hall–Kier alpha value is -3.60. The van der Waals surface area contributed by atoms with Crippen LogP contribution in [0.2, 0.25) is 0 Å². The molecule has 3 aromatic rings. The molecule has 0 fully saturated rings. The molecule has 1 aliphatic rings. The molecule has 1 aliphatic heterocycles. The first kappa shape index (κ1) is 24.5. The molecule has 3 aromatic carbocycles. The minimum absolute atomic E-state index is 0.304. The van der Waals surface area contributed by atoms with Gasteiger partial charge < -0.3 is 14.6 Å². The topological polar surface area (TPSA) is 55.8 Å². The normalized spacial score (nSPS) is 14.6. The third kappa shape index (κ3) is 5.40. The first-order valence-corrected chi connectivity index (χ1v) is 12.0. The number of carbonyl (C=O) groups is 1. The number of fused-ring (bicyclic) bond motifs is 1. The van der Waals surface area contributed by atoms with Crippen LogP contribution >= 0.6 is 0 Å². The van der Waals surface area contributed by atoms with E-state index < -0.39 is 11.4 Å². The van der Waals surface area contributed by atoms with Gasteiger partial charge >= 0.3 is 5.97 Å². The Balaban J connectivity index is 1.56. The summed E-state index contributed by atoms with van der Waals surface area (Å²) in [6, 6.07) is 17.0. The maximum absolute atomic E-state index is 14.6. The molecule has 1 unspecified atom stereocenters. The Labute approximate surface area is 206 Å². The lowest BCUT2D eigenvalue weighted by Gasteiger charge is -2.22. The zero-order valence-electron chi connectivity index (χ0n) is 20.4. The van der Waals surface area contributed by atoms with Crippen molar-refractivity contribution in [2.75, 3.05) is 13.2 Å². The summed E-state index contributed by atoms with van der Waals surface area (Å²) in [6.07, 6.45) is 5.34. The van der Waals surface area contributed by atoms with Gasteiger partial charge in [-0.1, -0.05) is 49.4 Å². The van der Waals surface area contributed by atoms with Gasteiger partial charge in [0.25, 0.3) is 0 Å². The first-order valence-electron chi connectivity index (χ1n) is 12.0. The fraction of sp³-hybridized carbons (Fsp3) is 0.300. The summed E-state index contributed by atoms with van der Waals surface area (Å²) in [7, 11) is 0. The van der Waals surface area contributed by atoms with Crippen LogP contribution in [0.5, 0.6) is 11.5 Å². The van der Waals surface area contributed by atoms with E-state index in [1.165, 1.54) is 6.07 Å². The van der Waals surface area contributed by atoms with Crippen molar-refractivity contribution in [3.05, 3.63) is 82.7 Å². The van der Waals surface area contributed by atoms with E-state index in [9.17, 15) is 14.3 Å². The fourth-order valence-corrected chi connectivity index (χ4v) is 4.27. The Morgan fingerprint density at radius 3 is 2.51 bits per heavy atom. The van der Waals surface area contributed by atoms with Gasteiger partial charge in [-0.15, -0.1) is 0 Å². The molecule has 0 radical (unpaired) electrons. The smallest absolute Gasteiger partial charge is 0.309 e. The molecule has 1 atom stereocenters. The molecular formula is C30H31FO4. The molecule has 5 heteroatoms. The average molecular weight is 475 g/mol. The van der Waals surface area contributed by atoms with E-state index in [0.717, 1.165) is 39.3 Å². The van der Waals surface area contributed by atoms with Crippen molar-refractivity contribution < 1.29 is 23.8 Å². The number of benzene rings is 3. The lowest BCUT2D eigenvalue weighted by molar-refractivity contribution is -0.148. The summed E-state index contributed by atoms with van der Waals surface area (Å²) in [5, 5.41) is 9.52. The van der Waals surface area contributed by atoms with Crippen molar-refractivity contribution in [1.29, 1.82) is 0 Å². The summed E-state index contributed by atoms with van der Waals surface area (Å²) < 4.78 is 25.9. The molecule has 0 amide bonds. The van der Waals surface area contributed by atoms with Crippen molar-refractivity contribution in [3.63, 3.8) is 0 Å². The molecule has 0 spiro atoms. The molecule has 0 aromatic heterocycles. The third-order valence-corrected chi connectivity index (χ3v) is 6.99. The highest BCUT2D eigenvalue weighted by Gasteiger charge is 2.30. The number of aliphatic carboxylic acids is 1. The molecule has 35 heavy (non-hydrogen) atoms. The molecule has 0 saturated heterocycles. The summed E-state index contributed by atoms with van der Waals surface area (Å²) in [5.74, 6) is 0.402. The van der Waals surface area contributed by atoms with Crippen molar-refractivity contribution in [1.82, 2.24) is 0 Å². The number of carboxylic acids is 1. The summed E-state index contributed by atoms with van der Waals surface area (Å²) in [4.78, 5) is 11.6. The zero-order chi connectivity index (χ0) is 25.0. The van der Waals surface area contributed by atoms with Gasteiger partial charge in [-0.05, 0) is 85.2 Å². The number of halogens is 1. The van der Waals surface area contributed by atoms with E-state index in [0.29, 0.717) is 38.0 Å². The highest BCUT2D eigenvalue weighted by Crippen LogP contribution is 2.36. The van der Waals surface area contributed by atoms with Crippen molar-refractivity contribution >= 4 is 18.1 Å². The van der Waals surface area contributed by atoms with Gasteiger partial charge in [0, 0.05) is 5.56 Å². The molecule has 1 N–H and O–H groups in total. The SMILES string of the molecule is CCC(C)(CCc1ccc(F)c(/C=C/c2cccc(-c3ccc4c(c3)OCCO4)c2C)c1)C(=O)O. The molecule has 1 heterocycles. The average Bonchev–Trinajstić information content (AvgIpc) is 2.87. The second kappa shape index (κ2) is 10.3. The van der Waals surface area contributed by atoms with Gasteiger partial charge in [-0.2, -0.15) is 0 Å². The zero-order valence-corrected chi connectivity index (χ0v) is 20.4. The monoisotopic (exact) mass is 474 g/mol. The quantitative estimate of drug-likeness (QED) is 0.352. The number of rotatable bonds is 8. The van der Waals surface area contributed by atoms with Crippen LogP contribution in [0.3, 0.4) is 0 Å². The largest absolute Gasteiger partial charge is 0.486 e. The van der Waals surface area contributed by atoms with Gasteiger partial charge in [-0.3, -0.25) is 4.79 Å². The second-order valence-electron chi connectivity index (χ2n) is 9.29. The van der Waals surface area contributed by atoms with Gasteiger partial charge in [0.2, 0.25) is 0 Å². The number of ether oxygens (including phenoxy) is 2. The third-order valence-electron chi connectivity index (χ3n) is 6.99. The van der Waals surface area contributed by atoms with Crippen LogP contribution in [-0.2, 0) is 11.2 Å². The highest BCUT2D eigenvalue weighted by atomic mass is 19.1. The van der Waals surface area contributed by atoms with Crippen molar-refractivity contribution in [3.8, 4) is 22.6 Å². The van der Waals surface area contributed by atoms with Crippen LogP contribution < -0.4 is 9.47 Å².